The van der Waals surface area contributed by atoms with E-state index in [0.717, 1.165) is 31.5 Å². The normalized spacial score (nSPS) is 13.6. The van der Waals surface area contributed by atoms with Crippen LogP contribution >= 0.6 is 0 Å². The number of aromatic nitrogens is 3. The third kappa shape index (κ3) is 3.84. The van der Waals surface area contributed by atoms with E-state index in [2.05, 4.69) is 50.9 Å². The first-order valence-corrected chi connectivity index (χ1v) is 9.90. The van der Waals surface area contributed by atoms with Crippen molar-refractivity contribution in [3.63, 3.8) is 0 Å². The summed E-state index contributed by atoms with van der Waals surface area (Å²) < 4.78 is 5.51. The standard InChI is InChI=1S/C22H24N6O/c1-13(2)26-20-16(11-23)10-17(12-25-20)22-27-21(28-29-22)19-5-4-15-6-8-24-9-7-18(15)14(19)3/h4-5,10,12-13,24H,6-9H2,1-3H3,(H,25,26). The van der Waals surface area contributed by atoms with Gasteiger partial charge in [-0.15, -0.1) is 0 Å². The minimum Gasteiger partial charge on any atom is -0.367 e. The van der Waals surface area contributed by atoms with Crippen molar-refractivity contribution in [1.82, 2.24) is 20.4 Å². The molecule has 0 bridgehead atoms. The summed E-state index contributed by atoms with van der Waals surface area (Å²) in [5.41, 5.74) is 6.02. The summed E-state index contributed by atoms with van der Waals surface area (Å²) in [6, 6.07) is 8.33. The van der Waals surface area contributed by atoms with Gasteiger partial charge in [-0.1, -0.05) is 17.3 Å². The number of nitrogens with one attached hydrogen (secondary N) is 2. The SMILES string of the molecule is Cc1c(-c2noc(-c3cnc(NC(C)C)c(C#N)c3)n2)ccc2c1CCNCC2. The molecular formula is C22H24N6O. The lowest BCUT2D eigenvalue weighted by Crippen LogP contribution is -2.16. The predicted octanol–water partition coefficient (Wildman–Crippen LogP) is 3.49. The molecule has 0 atom stereocenters. The van der Waals surface area contributed by atoms with E-state index in [4.69, 9.17) is 4.52 Å². The Kier molecular flexibility index (Phi) is 5.28. The van der Waals surface area contributed by atoms with Gasteiger partial charge in [0.25, 0.3) is 5.89 Å². The third-order valence-corrected chi connectivity index (χ3v) is 5.17. The zero-order chi connectivity index (χ0) is 20.4. The molecule has 0 spiro atoms. The lowest BCUT2D eigenvalue weighted by atomic mass is 9.93. The van der Waals surface area contributed by atoms with Gasteiger partial charge in [0, 0.05) is 17.8 Å². The second kappa shape index (κ2) is 8.02. The van der Waals surface area contributed by atoms with Crippen LogP contribution in [-0.2, 0) is 12.8 Å². The van der Waals surface area contributed by atoms with E-state index in [-0.39, 0.29) is 6.04 Å². The molecule has 3 aromatic rings. The van der Waals surface area contributed by atoms with Gasteiger partial charge in [-0.05, 0) is 69.5 Å². The Morgan fingerprint density at radius 3 is 2.86 bits per heavy atom. The molecule has 3 heterocycles. The maximum atomic E-state index is 9.46. The predicted molar refractivity (Wildman–Crippen MR) is 111 cm³/mol. The molecule has 0 amide bonds. The number of benzene rings is 1. The van der Waals surface area contributed by atoms with Gasteiger partial charge in [-0.3, -0.25) is 0 Å². The minimum atomic E-state index is 0.182. The van der Waals surface area contributed by atoms with E-state index in [0.29, 0.717) is 28.7 Å². The van der Waals surface area contributed by atoms with Crippen molar-refractivity contribution in [3.8, 4) is 28.9 Å². The van der Waals surface area contributed by atoms with Gasteiger partial charge in [0.2, 0.25) is 5.82 Å². The molecular weight excluding hydrogens is 364 g/mol. The molecule has 0 radical (unpaired) electrons. The summed E-state index contributed by atoms with van der Waals surface area (Å²) in [5.74, 6) is 1.47. The topological polar surface area (TPSA) is 99.7 Å². The van der Waals surface area contributed by atoms with E-state index in [1.54, 1.807) is 12.3 Å². The quantitative estimate of drug-likeness (QED) is 0.706. The third-order valence-electron chi connectivity index (χ3n) is 5.17. The van der Waals surface area contributed by atoms with Gasteiger partial charge < -0.3 is 15.2 Å². The van der Waals surface area contributed by atoms with Crippen LogP contribution in [-0.4, -0.2) is 34.3 Å². The maximum Gasteiger partial charge on any atom is 0.259 e. The van der Waals surface area contributed by atoms with Crippen molar-refractivity contribution in [2.24, 2.45) is 0 Å². The molecule has 0 fully saturated rings. The van der Waals surface area contributed by atoms with Crippen LogP contribution in [0, 0.1) is 18.3 Å². The van der Waals surface area contributed by atoms with Crippen LogP contribution in [0.15, 0.2) is 28.9 Å². The van der Waals surface area contributed by atoms with Crippen molar-refractivity contribution < 1.29 is 4.52 Å². The number of fused-ring (bicyclic) bond motifs is 1. The van der Waals surface area contributed by atoms with Crippen LogP contribution in [0.5, 0.6) is 0 Å². The molecule has 1 aliphatic heterocycles. The van der Waals surface area contributed by atoms with Gasteiger partial charge in [-0.2, -0.15) is 10.2 Å². The highest BCUT2D eigenvalue weighted by Crippen LogP contribution is 2.30. The molecule has 7 heteroatoms. The zero-order valence-electron chi connectivity index (χ0n) is 16.9. The Balaban J connectivity index is 1.68. The van der Waals surface area contributed by atoms with Gasteiger partial charge in [-0.25, -0.2) is 4.98 Å². The Bertz CT molecular complexity index is 1080. The second-order valence-electron chi connectivity index (χ2n) is 7.58. The Labute approximate surface area is 170 Å². The van der Waals surface area contributed by atoms with Crippen molar-refractivity contribution in [1.29, 1.82) is 5.26 Å². The molecule has 7 nitrogen and oxygen atoms in total. The molecule has 1 aliphatic rings. The number of hydrogen-bond donors (Lipinski definition) is 2. The zero-order valence-corrected chi connectivity index (χ0v) is 16.9. The average molecular weight is 388 g/mol. The fourth-order valence-electron chi connectivity index (χ4n) is 3.70. The molecule has 2 N–H and O–H groups in total. The number of nitrogens with zero attached hydrogens (tertiary/aromatic N) is 4. The average Bonchev–Trinajstić information content (AvgIpc) is 3.06. The van der Waals surface area contributed by atoms with Crippen molar-refractivity contribution >= 4 is 5.82 Å². The summed E-state index contributed by atoms with van der Waals surface area (Å²) in [4.78, 5) is 8.95. The van der Waals surface area contributed by atoms with Crippen LogP contribution in [0.2, 0.25) is 0 Å². The first kappa shape index (κ1) is 19.1. The van der Waals surface area contributed by atoms with Crippen LogP contribution in [0.4, 0.5) is 5.82 Å². The van der Waals surface area contributed by atoms with E-state index < -0.39 is 0 Å². The molecule has 2 aromatic heterocycles. The fraction of sp³-hybridized carbons (Fsp3) is 0.364. The first-order chi connectivity index (χ1) is 14.1. The molecule has 0 saturated heterocycles. The number of nitriles is 1. The summed E-state index contributed by atoms with van der Waals surface area (Å²) in [6.45, 7) is 8.11. The first-order valence-electron chi connectivity index (χ1n) is 9.90. The second-order valence-corrected chi connectivity index (χ2v) is 7.58. The molecule has 29 heavy (non-hydrogen) atoms. The van der Waals surface area contributed by atoms with Crippen LogP contribution in [0.25, 0.3) is 22.8 Å². The Morgan fingerprint density at radius 1 is 1.24 bits per heavy atom. The van der Waals surface area contributed by atoms with Crippen LogP contribution < -0.4 is 10.6 Å². The van der Waals surface area contributed by atoms with E-state index >= 15 is 0 Å². The van der Waals surface area contributed by atoms with Crippen molar-refractivity contribution in [3.05, 3.63) is 46.6 Å². The lowest BCUT2D eigenvalue weighted by Gasteiger charge is -2.12. The highest BCUT2D eigenvalue weighted by Gasteiger charge is 2.18. The maximum absolute atomic E-state index is 9.46. The highest BCUT2D eigenvalue weighted by molar-refractivity contribution is 5.67. The molecule has 4 rings (SSSR count). The number of hydrogen-bond acceptors (Lipinski definition) is 7. The molecule has 1 aromatic carbocycles. The lowest BCUT2D eigenvalue weighted by molar-refractivity contribution is 0.432. The van der Waals surface area contributed by atoms with Gasteiger partial charge in [0.05, 0.1) is 11.1 Å². The van der Waals surface area contributed by atoms with Crippen LogP contribution in [0.1, 0.15) is 36.1 Å². The number of rotatable bonds is 4. The largest absolute Gasteiger partial charge is 0.367 e. The van der Waals surface area contributed by atoms with Gasteiger partial charge in [0.15, 0.2) is 0 Å². The molecule has 0 unspecified atom stereocenters. The minimum absolute atomic E-state index is 0.182. The molecule has 0 aliphatic carbocycles. The molecule has 0 saturated carbocycles. The Morgan fingerprint density at radius 2 is 2.07 bits per heavy atom. The van der Waals surface area contributed by atoms with E-state index in [1.807, 2.05) is 13.8 Å². The monoisotopic (exact) mass is 388 g/mol. The summed E-state index contributed by atoms with van der Waals surface area (Å²) in [6.07, 6.45) is 3.69. The Hall–Kier alpha value is -3.24. The van der Waals surface area contributed by atoms with E-state index in [1.165, 1.54) is 16.7 Å². The number of anilines is 1. The van der Waals surface area contributed by atoms with Gasteiger partial charge in [0.1, 0.15) is 11.9 Å². The smallest absolute Gasteiger partial charge is 0.259 e. The molecule has 148 valence electrons. The van der Waals surface area contributed by atoms with Gasteiger partial charge >= 0.3 is 0 Å². The summed E-state index contributed by atoms with van der Waals surface area (Å²) in [5, 5.41) is 20.3. The van der Waals surface area contributed by atoms with E-state index in [9.17, 15) is 5.26 Å². The van der Waals surface area contributed by atoms with Crippen LogP contribution in [0.3, 0.4) is 0 Å². The number of pyridine rings is 1. The summed E-state index contributed by atoms with van der Waals surface area (Å²) >= 11 is 0. The van der Waals surface area contributed by atoms with Crippen molar-refractivity contribution in [2.75, 3.05) is 18.4 Å². The summed E-state index contributed by atoms with van der Waals surface area (Å²) in [7, 11) is 0. The van der Waals surface area contributed by atoms with Crippen molar-refractivity contribution in [2.45, 2.75) is 39.7 Å². The highest BCUT2D eigenvalue weighted by atomic mass is 16.5. The fourth-order valence-corrected chi connectivity index (χ4v) is 3.70.